The molecule has 1 fully saturated rings. The Morgan fingerprint density at radius 1 is 1.47 bits per heavy atom. The van der Waals surface area contributed by atoms with Gasteiger partial charge in [-0.15, -0.1) is 0 Å². The summed E-state index contributed by atoms with van der Waals surface area (Å²) in [7, 11) is 0. The van der Waals surface area contributed by atoms with Gasteiger partial charge in [0.1, 0.15) is 6.10 Å². The van der Waals surface area contributed by atoms with E-state index in [1.165, 1.54) is 12.8 Å². The summed E-state index contributed by atoms with van der Waals surface area (Å²) < 4.78 is 5.50. The van der Waals surface area contributed by atoms with Gasteiger partial charge in [0.05, 0.1) is 5.41 Å². The molecule has 3 heteroatoms. The quantitative estimate of drug-likeness (QED) is 0.730. The maximum Gasteiger partial charge on any atom is 0.313 e. The molecule has 0 heterocycles. The van der Waals surface area contributed by atoms with Gasteiger partial charge in [-0.3, -0.25) is 4.79 Å². The van der Waals surface area contributed by atoms with Crippen molar-refractivity contribution in [2.24, 2.45) is 17.1 Å². The molecule has 0 radical (unpaired) electrons. The third-order valence-electron chi connectivity index (χ3n) is 3.22. The van der Waals surface area contributed by atoms with Crippen LogP contribution in [0.3, 0.4) is 0 Å². The molecule has 1 aliphatic rings. The summed E-state index contributed by atoms with van der Waals surface area (Å²) >= 11 is 0. The van der Waals surface area contributed by atoms with Crippen molar-refractivity contribution in [1.82, 2.24) is 0 Å². The van der Waals surface area contributed by atoms with Crippen molar-refractivity contribution in [1.29, 1.82) is 0 Å². The topological polar surface area (TPSA) is 52.3 Å². The molecule has 0 aromatic rings. The van der Waals surface area contributed by atoms with Gasteiger partial charge in [-0.25, -0.2) is 0 Å². The number of hydrogen-bond acceptors (Lipinski definition) is 3. The van der Waals surface area contributed by atoms with E-state index in [-0.39, 0.29) is 12.1 Å². The van der Waals surface area contributed by atoms with Crippen LogP contribution in [0.1, 0.15) is 46.5 Å². The zero-order valence-electron chi connectivity index (χ0n) is 10.1. The Balaban J connectivity index is 2.44. The molecule has 3 nitrogen and oxygen atoms in total. The lowest BCUT2D eigenvalue weighted by Crippen LogP contribution is -2.37. The maximum absolute atomic E-state index is 11.8. The third-order valence-corrected chi connectivity index (χ3v) is 3.22. The van der Waals surface area contributed by atoms with Gasteiger partial charge in [-0.05, 0) is 39.0 Å². The van der Waals surface area contributed by atoms with Crippen LogP contribution in [0.4, 0.5) is 0 Å². The molecular weight excluding hydrogens is 190 g/mol. The van der Waals surface area contributed by atoms with E-state index in [2.05, 4.69) is 6.92 Å². The summed E-state index contributed by atoms with van der Waals surface area (Å²) in [5, 5.41) is 0. The lowest BCUT2D eigenvalue weighted by atomic mass is 9.88. The average molecular weight is 213 g/mol. The zero-order chi connectivity index (χ0) is 11.5. The van der Waals surface area contributed by atoms with Crippen molar-refractivity contribution < 1.29 is 9.53 Å². The van der Waals surface area contributed by atoms with E-state index in [1.54, 1.807) is 0 Å². The number of rotatable bonds is 3. The second kappa shape index (κ2) is 4.97. The molecular formula is C12H23NO2. The smallest absolute Gasteiger partial charge is 0.313 e. The van der Waals surface area contributed by atoms with Gasteiger partial charge in [0.2, 0.25) is 0 Å². The van der Waals surface area contributed by atoms with E-state index in [0.29, 0.717) is 12.5 Å². The largest absolute Gasteiger partial charge is 0.462 e. The van der Waals surface area contributed by atoms with Crippen LogP contribution in [-0.2, 0) is 9.53 Å². The van der Waals surface area contributed by atoms with Crippen molar-refractivity contribution in [3.05, 3.63) is 0 Å². The summed E-state index contributed by atoms with van der Waals surface area (Å²) in [6.07, 6.45) is 4.56. The minimum absolute atomic E-state index is 0.118. The van der Waals surface area contributed by atoms with E-state index in [0.717, 1.165) is 12.8 Å². The fourth-order valence-electron chi connectivity index (χ4n) is 1.88. The fraction of sp³-hybridized carbons (Fsp3) is 0.917. The van der Waals surface area contributed by atoms with Crippen molar-refractivity contribution in [3.63, 3.8) is 0 Å². The average Bonchev–Trinajstić information content (AvgIpc) is 2.17. The monoisotopic (exact) mass is 213 g/mol. The molecule has 0 bridgehead atoms. The third kappa shape index (κ3) is 3.49. The SMILES string of the molecule is CC1CCCC(OC(=O)C(C)(C)CN)C1. The van der Waals surface area contributed by atoms with E-state index in [9.17, 15) is 4.79 Å². The zero-order valence-corrected chi connectivity index (χ0v) is 10.1. The number of hydrogen-bond donors (Lipinski definition) is 1. The minimum Gasteiger partial charge on any atom is -0.462 e. The number of ether oxygens (including phenoxy) is 1. The van der Waals surface area contributed by atoms with Crippen LogP contribution in [0.15, 0.2) is 0 Å². The molecule has 0 aromatic carbocycles. The first-order valence-corrected chi connectivity index (χ1v) is 5.87. The van der Waals surface area contributed by atoms with Gasteiger partial charge in [-0.2, -0.15) is 0 Å². The summed E-state index contributed by atoms with van der Waals surface area (Å²) in [6, 6.07) is 0. The Kier molecular flexibility index (Phi) is 4.14. The molecule has 1 rings (SSSR count). The summed E-state index contributed by atoms with van der Waals surface area (Å²) in [4.78, 5) is 11.8. The van der Waals surface area contributed by atoms with Crippen LogP contribution in [0.25, 0.3) is 0 Å². The number of carbonyl (C=O) groups excluding carboxylic acids is 1. The Bertz CT molecular complexity index is 226. The summed E-state index contributed by atoms with van der Waals surface area (Å²) in [5.74, 6) is 0.529. The molecule has 2 atom stereocenters. The standard InChI is InChI=1S/C12H23NO2/c1-9-5-4-6-10(7-9)15-11(14)12(2,3)8-13/h9-10H,4-8,13H2,1-3H3. The van der Waals surface area contributed by atoms with Crippen LogP contribution in [0.5, 0.6) is 0 Å². The lowest BCUT2D eigenvalue weighted by molar-refractivity contribution is -0.161. The highest BCUT2D eigenvalue weighted by molar-refractivity contribution is 5.76. The molecule has 0 spiro atoms. The minimum atomic E-state index is -0.541. The normalized spacial score (nSPS) is 27.5. The first-order chi connectivity index (χ1) is 6.95. The highest BCUT2D eigenvalue weighted by atomic mass is 16.5. The van der Waals surface area contributed by atoms with Crippen molar-refractivity contribution >= 4 is 5.97 Å². The molecule has 2 unspecified atom stereocenters. The molecule has 0 aromatic heterocycles. The van der Waals surface area contributed by atoms with Crippen LogP contribution in [0, 0.1) is 11.3 Å². The number of carbonyl (C=O) groups is 1. The van der Waals surface area contributed by atoms with Crippen LogP contribution in [-0.4, -0.2) is 18.6 Å². The molecule has 2 N–H and O–H groups in total. The van der Waals surface area contributed by atoms with Crippen LogP contribution >= 0.6 is 0 Å². The molecule has 1 aliphatic carbocycles. The predicted molar refractivity (Wildman–Crippen MR) is 60.3 cm³/mol. The van der Waals surface area contributed by atoms with E-state index in [4.69, 9.17) is 10.5 Å². The first-order valence-electron chi connectivity index (χ1n) is 5.87. The van der Waals surface area contributed by atoms with Gasteiger partial charge < -0.3 is 10.5 Å². The highest BCUT2D eigenvalue weighted by Crippen LogP contribution is 2.27. The molecule has 0 saturated heterocycles. The van der Waals surface area contributed by atoms with Crippen molar-refractivity contribution in [2.45, 2.75) is 52.6 Å². The Hall–Kier alpha value is -0.570. The van der Waals surface area contributed by atoms with E-state index >= 15 is 0 Å². The summed E-state index contributed by atoms with van der Waals surface area (Å²) in [5.41, 5.74) is 5.00. The lowest BCUT2D eigenvalue weighted by Gasteiger charge is -2.30. The van der Waals surface area contributed by atoms with Gasteiger partial charge in [0.15, 0.2) is 0 Å². The van der Waals surface area contributed by atoms with Gasteiger partial charge in [0.25, 0.3) is 0 Å². The maximum atomic E-state index is 11.8. The van der Waals surface area contributed by atoms with Crippen LogP contribution < -0.4 is 5.73 Å². The Morgan fingerprint density at radius 3 is 2.67 bits per heavy atom. The molecule has 88 valence electrons. The van der Waals surface area contributed by atoms with Crippen molar-refractivity contribution in [3.8, 4) is 0 Å². The van der Waals surface area contributed by atoms with Gasteiger partial charge in [-0.1, -0.05) is 13.3 Å². The second-order valence-electron chi connectivity index (χ2n) is 5.39. The van der Waals surface area contributed by atoms with E-state index < -0.39 is 5.41 Å². The molecule has 0 aliphatic heterocycles. The highest BCUT2D eigenvalue weighted by Gasteiger charge is 2.31. The number of esters is 1. The van der Waals surface area contributed by atoms with Gasteiger partial charge >= 0.3 is 5.97 Å². The first kappa shape index (κ1) is 12.5. The Labute approximate surface area is 92.4 Å². The van der Waals surface area contributed by atoms with Crippen molar-refractivity contribution in [2.75, 3.05) is 6.54 Å². The fourth-order valence-corrected chi connectivity index (χ4v) is 1.88. The summed E-state index contributed by atoms with van der Waals surface area (Å²) in [6.45, 7) is 6.23. The molecule has 0 amide bonds. The molecule has 15 heavy (non-hydrogen) atoms. The Morgan fingerprint density at radius 2 is 2.13 bits per heavy atom. The predicted octanol–water partition coefficient (Wildman–Crippen LogP) is 2.09. The van der Waals surface area contributed by atoms with Crippen LogP contribution in [0.2, 0.25) is 0 Å². The number of nitrogens with two attached hydrogens (primary N) is 1. The van der Waals surface area contributed by atoms with Gasteiger partial charge in [0, 0.05) is 6.54 Å². The van der Waals surface area contributed by atoms with E-state index in [1.807, 2.05) is 13.8 Å². The second-order valence-corrected chi connectivity index (χ2v) is 5.39. The molecule has 1 saturated carbocycles.